The van der Waals surface area contributed by atoms with Crippen molar-refractivity contribution < 1.29 is 81.9 Å². The normalized spacial score (nSPS) is 14.3. The van der Waals surface area contributed by atoms with Crippen molar-refractivity contribution in [2.24, 2.45) is 11.1 Å². The maximum absolute atomic E-state index is 15.2. The highest BCUT2D eigenvalue weighted by molar-refractivity contribution is 6.14. The van der Waals surface area contributed by atoms with Crippen molar-refractivity contribution in [1.82, 2.24) is 46.7 Å². The third-order valence-corrected chi connectivity index (χ3v) is 11.7. The third kappa shape index (κ3) is 21.5. The molecule has 79 heavy (non-hydrogen) atoms. The number of carbonyl (C=O) groups excluding carboxylic acids is 9. The smallest absolute Gasteiger partial charge is 0.326 e. The van der Waals surface area contributed by atoms with Gasteiger partial charge in [0.1, 0.15) is 48.4 Å². The van der Waals surface area contributed by atoms with Crippen LogP contribution in [-0.2, 0) is 59.3 Å². The fourth-order valence-electron chi connectivity index (χ4n) is 7.73. The first-order valence-electron chi connectivity index (χ1n) is 24.8. The maximum Gasteiger partial charge on any atom is 0.326 e. The Balaban J connectivity index is 0.00000396. The summed E-state index contributed by atoms with van der Waals surface area (Å²) in [4.78, 5) is 139. The van der Waals surface area contributed by atoms with Crippen molar-refractivity contribution in [2.75, 3.05) is 32.8 Å². The molecule has 1 aromatic heterocycles. The number of rotatable bonds is 29. The molecule has 0 fully saturated rings. The lowest BCUT2D eigenvalue weighted by atomic mass is 9.84. The predicted octanol–water partition coefficient (Wildman–Crippen LogP) is -0.761. The number of amides is 9. The number of carboxylic acids is 2. The van der Waals surface area contributed by atoms with Gasteiger partial charge in [-0.15, -0.1) is 0 Å². The van der Waals surface area contributed by atoms with Crippen molar-refractivity contribution in [2.45, 2.75) is 110 Å². The van der Waals surface area contributed by atoms with Crippen LogP contribution in [0.1, 0.15) is 84.0 Å². The molecule has 3 aromatic rings. The molecule has 0 aliphatic carbocycles. The van der Waals surface area contributed by atoms with Gasteiger partial charge < -0.3 is 67.9 Å². The van der Waals surface area contributed by atoms with Gasteiger partial charge in [-0.05, 0) is 68.5 Å². The topological polar surface area (TPSA) is 387 Å². The van der Waals surface area contributed by atoms with E-state index in [2.05, 4.69) is 37.2 Å². The van der Waals surface area contributed by atoms with Crippen LogP contribution in [0.3, 0.4) is 0 Å². The minimum atomic E-state index is -1.74. The summed E-state index contributed by atoms with van der Waals surface area (Å²) in [6.45, 7) is 7.15. The van der Waals surface area contributed by atoms with Crippen LogP contribution in [0.2, 0.25) is 0 Å². The molecule has 0 spiro atoms. The number of carbonyl (C=O) groups is 11. The number of aliphatic hydroxyl groups is 2. The molecule has 0 saturated heterocycles. The number of aromatic nitrogens is 1. The van der Waals surface area contributed by atoms with Crippen LogP contribution >= 0.6 is 0 Å². The first-order valence-corrected chi connectivity index (χ1v) is 24.8. The quantitative estimate of drug-likeness (QED) is 0.0380. The number of primary amides is 1. The lowest BCUT2D eigenvalue weighted by Gasteiger charge is -2.33. The Labute approximate surface area is 453 Å². The van der Waals surface area contributed by atoms with Crippen LogP contribution in [-0.4, -0.2) is 158 Å². The molecule has 9 amide bonds. The zero-order valence-electron chi connectivity index (χ0n) is 44.2. The summed E-state index contributed by atoms with van der Waals surface area (Å²) >= 11 is 0. The highest BCUT2D eigenvalue weighted by atomic mass is 19.1. The Kier molecular flexibility index (Phi) is 25.5. The van der Waals surface area contributed by atoms with E-state index >= 15 is 4.39 Å². The number of halogens is 2. The van der Waals surface area contributed by atoms with Gasteiger partial charge in [0, 0.05) is 61.1 Å². The van der Waals surface area contributed by atoms with Crippen molar-refractivity contribution >= 4 is 65.1 Å². The molecule has 2 heterocycles. The number of carboxylic acid groups (broad SMARTS) is 2. The summed E-state index contributed by atoms with van der Waals surface area (Å²) in [7, 11) is 0. The molecule has 0 bridgehead atoms. The molecular formula is C52H68F2N10O15. The van der Waals surface area contributed by atoms with Gasteiger partial charge in [0.2, 0.25) is 41.4 Å². The summed E-state index contributed by atoms with van der Waals surface area (Å²) in [5.74, 6) is -12.2. The average molecular weight is 1110 g/mol. The number of hydrogen-bond donors (Lipinski definition) is 12. The molecular weight excluding hydrogens is 1040 g/mol. The van der Waals surface area contributed by atoms with E-state index in [0.717, 1.165) is 35.9 Å². The zero-order chi connectivity index (χ0) is 59.1. The standard InChI is InChI=1S/C50H62F2N10O13.C2H6O2/c1-27(56-40(65)26-62-41(66)14-15-42(62)67)45(70)57-28(2)46(71)60-36(23-38(53)63)48(73)59-34(47(72)55-20-18-39(64)58-35(49(74)75)13-16-43(68)69)17-19-54-44(50(3,4)5)37-21-30(32-22-31(51)11-12-33(32)52)25-61(37)24-29-9-7-6-8-10-29;3-1-2-4/h6-12,14-15,21-22,25,27-28,34-36,44,54H,13,16-20,23-24,26H2,1-5H3,(H2,53,63)(H,55,72)(H,56,65)(H,57,70)(H,58,64)(H,59,73)(H,60,71)(H,68,69)(H,74,75);3-4H,1-2H2/t27-,28-,34+,35+,36+,44+;/m1./s1. The summed E-state index contributed by atoms with van der Waals surface area (Å²) in [5, 5.41) is 51.3. The van der Waals surface area contributed by atoms with E-state index in [0.29, 0.717) is 22.7 Å². The number of imide groups is 1. The molecule has 0 saturated carbocycles. The van der Waals surface area contributed by atoms with E-state index in [1.165, 1.54) is 13.8 Å². The maximum atomic E-state index is 15.2. The molecule has 13 N–H and O–H groups in total. The second kappa shape index (κ2) is 31.1. The molecule has 0 unspecified atom stereocenters. The van der Waals surface area contributed by atoms with Gasteiger partial charge in [-0.3, -0.25) is 52.8 Å². The highest BCUT2D eigenvalue weighted by Gasteiger charge is 2.34. The second-order valence-corrected chi connectivity index (χ2v) is 19.2. The lowest BCUT2D eigenvalue weighted by molar-refractivity contribution is -0.143. The minimum Gasteiger partial charge on any atom is -0.481 e. The Morgan fingerprint density at radius 2 is 1.29 bits per heavy atom. The van der Waals surface area contributed by atoms with Crippen molar-refractivity contribution in [1.29, 1.82) is 0 Å². The van der Waals surface area contributed by atoms with E-state index in [4.69, 9.17) is 21.1 Å². The van der Waals surface area contributed by atoms with Gasteiger partial charge in [0.25, 0.3) is 11.8 Å². The van der Waals surface area contributed by atoms with Crippen LogP contribution in [0.15, 0.2) is 72.9 Å². The number of aliphatic hydroxyl groups excluding tert-OH is 2. The van der Waals surface area contributed by atoms with E-state index in [9.17, 15) is 62.2 Å². The van der Waals surface area contributed by atoms with Crippen LogP contribution in [0.25, 0.3) is 11.1 Å². The van der Waals surface area contributed by atoms with E-state index in [1.54, 1.807) is 12.3 Å². The minimum absolute atomic E-state index is 0.0146. The fraction of sp³-hybridized carbons (Fsp3) is 0.442. The van der Waals surface area contributed by atoms with Crippen LogP contribution in [0.5, 0.6) is 0 Å². The van der Waals surface area contributed by atoms with Crippen molar-refractivity contribution in [3.63, 3.8) is 0 Å². The van der Waals surface area contributed by atoms with Gasteiger partial charge in [0.15, 0.2) is 0 Å². The monoisotopic (exact) mass is 1110 g/mol. The number of aliphatic carboxylic acids is 2. The molecule has 1 aliphatic heterocycles. The number of nitrogens with two attached hydrogens (primary N) is 1. The van der Waals surface area contributed by atoms with Crippen LogP contribution in [0, 0.1) is 17.0 Å². The van der Waals surface area contributed by atoms with E-state index < -0.39 is 157 Å². The molecule has 6 atom stereocenters. The number of nitrogens with zero attached hydrogens (tertiary/aromatic N) is 2. The first-order chi connectivity index (χ1) is 37.1. The Bertz CT molecular complexity index is 2690. The molecule has 25 nitrogen and oxygen atoms in total. The van der Waals surface area contributed by atoms with Crippen molar-refractivity contribution in [3.05, 3.63) is 95.8 Å². The van der Waals surface area contributed by atoms with Crippen LogP contribution < -0.4 is 43.0 Å². The van der Waals surface area contributed by atoms with Crippen LogP contribution in [0.4, 0.5) is 8.78 Å². The Hall–Kier alpha value is -8.43. The molecule has 4 rings (SSSR count). The molecule has 27 heteroatoms. The lowest BCUT2D eigenvalue weighted by Crippen LogP contribution is -2.58. The largest absolute Gasteiger partial charge is 0.481 e. The summed E-state index contributed by atoms with van der Waals surface area (Å²) in [6.07, 6.45) is 1.17. The Morgan fingerprint density at radius 3 is 1.87 bits per heavy atom. The van der Waals surface area contributed by atoms with Gasteiger partial charge in [-0.1, -0.05) is 51.1 Å². The Morgan fingerprint density at radius 1 is 0.684 bits per heavy atom. The molecule has 0 radical (unpaired) electrons. The zero-order valence-corrected chi connectivity index (χ0v) is 44.2. The van der Waals surface area contributed by atoms with E-state index in [1.807, 2.05) is 55.7 Å². The summed E-state index contributed by atoms with van der Waals surface area (Å²) < 4.78 is 31.6. The van der Waals surface area contributed by atoms with Gasteiger partial charge in [0.05, 0.1) is 25.7 Å². The predicted molar refractivity (Wildman–Crippen MR) is 277 cm³/mol. The summed E-state index contributed by atoms with van der Waals surface area (Å²) in [6, 6.07) is 6.09. The summed E-state index contributed by atoms with van der Waals surface area (Å²) in [5.41, 5.74) is 6.76. The van der Waals surface area contributed by atoms with Gasteiger partial charge in [-0.2, -0.15) is 0 Å². The molecule has 2 aromatic carbocycles. The average Bonchev–Trinajstić information content (AvgIpc) is 3.94. The van der Waals surface area contributed by atoms with E-state index in [-0.39, 0.29) is 31.7 Å². The highest BCUT2D eigenvalue weighted by Crippen LogP contribution is 2.37. The van der Waals surface area contributed by atoms with Gasteiger partial charge >= 0.3 is 11.9 Å². The molecule has 1 aliphatic rings. The molecule has 430 valence electrons. The third-order valence-electron chi connectivity index (χ3n) is 11.7. The first kappa shape index (κ1) is 64.9. The SMILES string of the molecule is C[C@@H](NC(=O)CN1C(=O)C=CC1=O)C(=O)N[C@H](C)C(=O)N[C@@H](CC(N)=O)C(=O)N[C@@H](CCN[C@@H](c1cc(-c2cc(F)ccc2F)cn1Cc1ccccc1)C(C)(C)C)C(=O)NCCC(=O)N[C@@H](CCC(=O)O)C(=O)O.OCCO. The van der Waals surface area contributed by atoms with Crippen molar-refractivity contribution in [3.8, 4) is 11.1 Å². The number of benzene rings is 2. The number of hydrogen-bond acceptors (Lipinski definition) is 14. The number of nitrogens with one attached hydrogen (secondary N) is 7. The second-order valence-electron chi connectivity index (χ2n) is 19.2. The van der Waals surface area contributed by atoms with Gasteiger partial charge in [-0.25, -0.2) is 13.6 Å². The fourth-order valence-corrected chi connectivity index (χ4v) is 7.73.